The van der Waals surface area contributed by atoms with Crippen molar-refractivity contribution in [2.24, 2.45) is 7.05 Å². The number of fused-ring (bicyclic) bond motifs is 3. The van der Waals surface area contributed by atoms with Gasteiger partial charge in [-0.25, -0.2) is 4.98 Å². The van der Waals surface area contributed by atoms with Gasteiger partial charge in [0.1, 0.15) is 5.52 Å². The van der Waals surface area contributed by atoms with Crippen LogP contribution in [0.2, 0.25) is 5.02 Å². The number of benzene rings is 2. The average Bonchev–Trinajstić information content (AvgIpc) is 2.93. The van der Waals surface area contributed by atoms with Crippen molar-refractivity contribution in [3.8, 4) is 0 Å². The standard InChI is InChI=1S/C18H14ClN5OS/c1-24-14-8-3-2-7-13(14)16-17(24)21-18(23-22-16)26-10-15(25)20-12-6-4-5-11(19)9-12/h2-9H,10H2,1H3,(H,20,25). The molecule has 4 aromatic rings. The SMILES string of the molecule is Cn1c2ccccc2c2nnc(SCC(=O)Nc3cccc(Cl)c3)nc21. The van der Waals surface area contributed by atoms with Gasteiger partial charge >= 0.3 is 0 Å². The lowest BCUT2D eigenvalue weighted by atomic mass is 10.2. The van der Waals surface area contributed by atoms with Crippen LogP contribution in [0.15, 0.2) is 53.7 Å². The maximum absolute atomic E-state index is 12.1. The molecular formula is C18H14ClN5OS. The molecule has 1 amide bonds. The van der Waals surface area contributed by atoms with Crippen molar-refractivity contribution in [3.05, 3.63) is 53.6 Å². The molecule has 2 aromatic carbocycles. The van der Waals surface area contributed by atoms with E-state index in [1.165, 1.54) is 11.8 Å². The number of aryl methyl sites for hydroxylation is 1. The van der Waals surface area contributed by atoms with Crippen LogP contribution >= 0.6 is 23.4 Å². The number of halogens is 1. The molecule has 8 heteroatoms. The van der Waals surface area contributed by atoms with Crippen molar-refractivity contribution in [1.29, 1.82) is 0 Å². The third-order valence-electron chi connectivity index (χ3n) is 3.93. The summed E-state index contributed by atoms with van der Waals surface area (Å²) in [6.07, 6.45) is 0. The zero-order chi connectivity index (χ0) is 18.1. The van der Waals surface area contributed by atoms with Crippen LogP contribution in [-0.4, -0.2) is 31.4 Å². The van der Waals surface area contributed by atoms with Crippen molar-refractivity contribution in [2.45, 2.75) is 5.16 Å². The highest BCUT2D eigenvalue weighted by Gasteiger charge is 2.13. The van der Waals surface area contributed by atoms with Gasteiger partial charge in [-0.3, -0.25) is 4.79 Å². The Morgan fingerprint density at radius 1 is 1.19 bits per heavy atom. The van der Waals surface area contributed by atoms with Crippen LogP contribution in [0, 0.1) is 0 Å². The molecule has 26 heavy (non-hydrogen) atoms. The summed E-state index contributed by atoms with van der Waals surface area (Å²) in [6.45, 7) is 0. The predicted octanol–water partition coefficient (Wildman–Crippen LogP) is 3.90. The molecule has 4 rings (SSSR count). The summed E-state index contributed by atoms with van der Waals surface area (Å²) in [7, 11) is 1.94. The number of hydrogen-bond donors (Lipinski definition) is 1. The third-order valence-corrected chi connectivity index (χ3v) is 5.00. The fraction of sp³-hybridized carbons (Fsp3) is 0.111. The lowest BCUT2D eigenvalue weighted by Crippen LogP contribution is -2.14. The summed E-state index contributed by atoms with van der Waals surface area (Å²) in [6, 6.07) is 15.0. The van der Waals surface area contributed by atoms with Crippen LogP contribution in [0.1, 0.15) is 0 Å². The van der Waals surface area contributed by atoms with E-state index in [2.05, 4.69) is 20.5 Å². The average molecular weight is 384 g/mol. The summed E-state index contributed by atoms with van der Waals surface area (Å²) in [5, 5.41) is 13.3. The number of anilines is 1. The van der Waals surface area contributed by atoms with E-state index >= 15 is 0 Å². The molecule has 0 saturated carbocycles. The molecule has 1 N–H and O–H groups in total. The van der Waals surface area contributed by atoms with Gasteiger partial charge in [-0.1, -0.05) is 47.6 Å². The molecule has 130 valence electrons. The minimum absolute atomic E-state index is 0.155. The normalized spacial score (nSPS) is 11.2. The fourth-order valence-electron chi connectivity index (χ4n) is 2.75. The van der Waals surface area contributed by atoms with E-state index in [0.717, 1.165) is 22.1 Å². The van der Waals surface area contributed by atoms with Gasteiger partial charge in [0.15, 0.2) is 5.65 Å². The number of rotatable bonds is 4. The molecule has 2 heterocycles. The summed E-state index contributed by atoms with van der Waals surface area (Å²) < 4.78 is 1.98. The first-order chi connectivity index (χ1) is 12.6. The monoisotopic (exact) mass is 383 g/mol. The Balaban J connectivity index is 1.51. The number of thioether (sulfide) groups is 1. The smallest absolute Gasteiger partial charge is 0.234 e. The second-order valence-electron chi connectivity index (χ2n) is 5.69. The quantitative estimate of drug-likeness (QED) is 0.541. The molecule has 0 aliphatic carbocycles. The van der Waals surface area contributed by atoms with E-state index in [0.29, 0.717) is 15.9 Å². The second-order valence-corrected chi connectivity index (χ2v) is 7.07. The van der Waals surface area contributed by atoms with Crippen LogP contribution in [0.25, 0.3) is 22.1 Å². The first kappa shape index (κ1) is 16.8. The van der Waals surface area contributed by atoms with E-state index in [-0.39, 0.29) is 11.7 Å². The Labute approximate surface area is 158 Å². The van der Waals surface area contributed by atoms with Gasteiger partial charge in [0.2, 0.25) is 11.1 Å². The van der Waals surface area contributed by atoms with Crippen LogP contribution < -0.4 is 5.32 Å². The summed E-state index contributed by atoms with van der Waals surface area (Å²) >= 11 is 7.16. The predicted molar refractivity (Wildman–Crippen MR) is 105 cm³/mol. The minimum Gasteiger partial charge on any atom is -0.327 e. The minimum atomic E-state index is -0.155. The first-order valence-electron chi connectivity index (χ1n) is 7.88. The highest BCUT2D eigenvalue weighted by molar-refractivity contribution is 7.99. The van der Waals surface area contributed by atoms with Crippen molar-refractivity contribution in [1.82, 2.24) is 19.7 Å². The highest BCUT2D eigenvalue weighted by atomic mass is 35.5. The molecule has 0 saturated heterocycles. The number of hydrogen-bond acceptors (Lipinski definition) is 5. The number of aromatic nitrogens is 4. The molecule has 0 unspecified atom stereocenters. The van der Waals surface area contributed by atoms with Gasteiger partial charge in [0.25, 0.3) is 0 Å². The molecule has 0 aliphatic heterocycles. The van der Waals surface area contributed by atoms with Gasteiger partial charge in [-0.05, 0) is 24.3 Å². The van der Waals surface area contributed by atoms with Gasteiger partial charge in [0.05, 0.1) is 11.3 Å². The van der Waals surface area contributed by atoms with Gasteiger partial charge in [-0.15, -0.1) is 10.2 Å². The largest absolute Gasteiger partial charge is 0.327 e. The maximum atomic E-state index is 12.1. The summed E-state index contributed by atoms with van der Waals surface area (Å²) in [5.74, 6) is 0.0295. The Bertz CT molecular complexity index is 1130. The van der Waals surface area contributed by atoms with E-state index in [9.17, 15) is 4.79 Å². The highest BCUT2D eigenvalue weighted by Crippen LogP contribution is 2.26. The molecule has 0 atom stereocenters. The van der Waals surface area contributed by atoms with E-state index in [1.54, 1.807) is 24.3 Å². The summed E-state index contributed by atoms with van der Waals surface area (Å²) in [4.78, 5) is 16.7. The molecule has 0 bridgehead atoms. The number of nitrogens with zero attached hydrogens (tertiary/aromatic N) is 4. The molecule has 0 radical (unpaired) electrons. The van der Waals surface area contributed by atoms with E-state index < -0.39 is 0 Å². The van der Waals surface area contributed by atoms with Crippen molar-refractivity contribution >= 4 is 57.0 Å². The molecule has 0 fully saturated rings. The van der Waals surface area contributed by atoms with Crippen LogP contribution in [0.4, 0.5) is 5.69 Å². The number of nitrogens with one attached hydrogen (secondary N) is 1. The zero-order valence-corrected chi connectivity index (χ0v) is 15.4. The van der Waals surface area contributed by atoms with Crippen molar-refractivity contribution in [3.63, 3.8) is 0 Å². The Morgan fingerprint density at radius 2 is 2.04 bits per heavy atom. The van der Waals surface area contributed by atoms with Gasteiger partial charge in [-0.2, -0.15) is 0 Å². The van der Waals surface area contributed by atoms with Gasteiger partial charge in [0, 0.05) is 23.1 Å². The van der Waals surface area contributed by atoms with Crippen LogP contribution in [0.3, 0.4) is 0 Å². The maximum Gasteiger partial charge on any atom is 0.234 e. The fourth-order valence-corrected chi connectivity index (χ4v) is 3.52. The summed E-state index contributed by atoms with van der Waals surface area (Å²) in [5.41, 5.74) is 3.21. The van der Waals surface area contributed by atoms with Crippen LogP contribution in [0.5, 0.6) is 0 Å². The van der Waals surface area contributed by atoms with E-state index in [4.69, 9.17) is 11.6 Å². The Hall–Kier alpha value is -2.64. The topological polar surface area (TPSA) is 72.7 Å². The number of amides is 1. The molecule has 6 nitrogen and oxygen atoms in total. The lowest BCUT2D eigenvalue weighted by molar-refractivity contribution is -0.113. The molecular weight excluding hydrogens is 370 g/mol. The van der Waals surface area contributed by atoms with Crippen molar-refractivity contribution < 1.29 is 4.79 Å². The number of carbonyl (C=O) groups excluding carboxylic acids is 1. The molecule has 0 aliphatic rings. The number of carbonyl (C=O) groups is 1. The Kier molecular flexibility index (Phi) is 4.48. The lowest BCUT2D eigenvalue weighted by Gasteiger charge is -2.05. The first-order valence-corrected chi connectivity index (χ1v) is 9.24. The molecule has 0 spiro atoms. The third kappa shape index (κ3) is 3.23. The van der Waals surface area contributed by atoms with Crippen LogP contribution in [-0.2, 0) is 11.8 Å². The van der Waals surface area contributed by atoms with E-state index in [1.807, 2.05) is 35.9 Å². The number of para-hydroxylation sites is 1. The Morgan fingerprint density at radius 3 is 2.88 bits per heavy atom. The molecule has 2 aromatic heterocycles. The van der Waals surface area contributed by atoms with Gasteiger partial charge < -0.3 is 9.88 Å². The zero-order valence-electron chi connectivity index (χ0n) is 13.8. The second kappa shape index (κ2) is 6.93. The van der Waals surface area contributed by atoms with Crippen molar-refractivity contribution in [2.75, 3.05) is 11.1 Å².